The van der Waals surface area contributed by atoms with Crippen LogP contribution in [0.15, 0.2) is 85.4 Å². The Balaban J connectivity index is 0.000000243. The minimum Gasteiger partial charge on any atom is -0.353 e. The van der Waals surface area contributed by atoms with Crippen LogP contribution in [0.2, 0.25) is 5.02 Å². The first-order valence-electron chi connectivity index (χ1n) is 14.0. The summed E-state index contributed by atoms with van der Waals surface area (Å²) >= 11 is 5.83. The molecule has 2 heterocycles. The van der Waals surface area contributed by atoms with Crippen LogP contribution in [-0.4, -0.2) is 17.9 Å². The lowest BCUT2D eigenvalue weighted by molar-refractivity contribution is -0.219. The minimum absolute atomic E-state index is 0.0801. The summed E-state index contributed by atoms with van der Waals surface area (Å²) < 4.78 is 12.2. The molecular formula is C35H40ClNO2. The fourth-order valence-corrected chi connectivity index (χ4v) is 5.24. The van der Waals surface area contributed by atoms with E-state index < -0.39 is 0 Å². The van der Waals surface area contributed by atoms with Crippen LogP contribution in [0.25, 0.3) is 17.0 Å². The molecule has 0 radical (unpaired) electrons. The highest BCUT2D eigenvalue weighted by Gasteiger charge is 2.29. The second-order valence-corrected chi connectivity index (χ2v) is 11.1. The first kappa shape index (κ1) is 29.0. The van der Waals surface area contributed by atoms with Gasteiger partial charge < -0.3 is 9.47 Å². The number of hydrogen-bond acceptors (Lipinski definition) is 3. The zero-order valence-electron chi connectivity index (χ0n) is 23.5. The number of fused-ring (bicyclic) bond motifs is 1. The highest BCUT2D eigenvalue weighted by atomic mass is 35.5. The molecule has 1 atom stereocenters. The number of aromatic nitrogens is 1. The predicted molar refractivity (Wildman–Crippen MR) is 164 cm³/mol. The number of benzene rings is 3. The number of rotatable bonds is 8. The number of hydrogen-bond donors (Lipinski definition) is 0. The summed E-state index contributed by atoms with van der Waals surface area (Å²) in [6, 6.07) is 27.1. The van der Waals surface area contributed by atoms with Crippen LogP contribution in [0.3, 0.4) is 0 Å². The number of nitrogens with zero attached hydrogens (tertiary/aromatic N) is 1. The number of aryl methyl sites for hydroxylation is 3. The van der Waals surface area contributed by atoms with E-state index in [9.17, 15) is 0 Å². The topological polar surface area (TPSA) is 31.4 Å². The summed E-state index contributed by atoms with van der Waals surface area (Å²) in [4.78, 5) is 4.35. The van der Waals surface area contributed by atoms with Gasteiger partial charge in [0.05, 0.1) is 11.1 Å². The van der Waals surface area contributed by atoms with Crippen LogP contribution in [0.5, 0.6) is 0 Å². The van der Waals surface area contributed by atoms with Crippen LogP contribution < -0.4 is 0 Å². The van der Waals surface area contributed by atoms with Gasteiger partial charge in [0.2, 0.25) is 0 Å². The number of pyridine rings is 1. The monoisotopic (exact) mass is 541 g/mol. The molecule has 1 aliphatic heterocycles. The molecule has 4 aromatic rings. The summed E-state index contributed by atoms with van der Waals surface area (Å²) in [6.07, 6.45) is 8.39. The molecule has 0 aliphatic carbocycles. The van der Waals surface area contributed by atoms with Crippen LogP contribution in [-0.2, 0) is 27.9 Å². The van der Waals surface area contributed by atoms with Crippen LogP contribution in [0.4, 0.5) is 0 Å². The van der Waals surface area contributed by atoms with Gasteiger partial charge >= 0.3 is 0 Å². The Morgan fingerprint density at radius 3 is 2.62 bits per heavy atom. The molecule has 0 spiro atoms. The quantitative estimate of drug-likeness (QED) is 0.222. The molecule has 0 bridgehead atoms. The Labute approximate surface area is 238 Å². The Kier molecular flexibility index (Phi) is 10.3. The molecule has 1 unspecified atom stereocenters. The van der Waals surface area contributed by atoms with E-state index in [-0.39, 0.29) is 11.9 Å². The number of halogens is 1. The molecule has 4 heteroatoms. The maximum atomic E-state index is 6.37. The van der Waals surface area contributed by atoms with Gasteiger partial charge in [-0.2, -0.15) is 0 Å². The van der Waals surface area contributed by atoms with Crippen LogP contribution >= 0.6 is 11.6 Å². The average Bonchev–Trinajstić information content (AvgIpc) is 2.94. The zero-order chi connectivity index (χ0) is 27.7. The van der Waals surface area contributed by atoms with Crippen molar-refractivity contribution in [2.75, 3.05) is 6.61 Å². The van der Waals surface area contributed by atoms with Gasteiger partial charge in [0.1, 0.15) is 0 Å². The van der Waals surface area contributed by atoms with E-state index in [2.05, 4.69) is 73.9 Å². The smallest absolute Gasteiger partial charge is 0.158 e. The SMILES string of the molecule is C=Cc1cccc(CCCc2ccccc2C(C)(C)OC2CCCCO2)c1.Cc1ccc2ccc(Cl)cc2n1. The lowest BCUT2D eigenvalue weighted by atomic mass is 9.90. The van der Waals surface area contributed by atoms with Crippen molar-refractivity contribution >= 4 is 28.6 Å². The van der Waals surface area contributed by atoms with Gasteiger partial charge in [-0.05, 0) is 99.7 Å². The Morgan fingerprint density at radius 2 is 1.82 bits per heavy atom. The first-order chi connectivity index (χ1) is 18.8. The summed E-state index contributed by atoms with van der Waals surface area (Å²) in [7, 11) is 0. The summed E-state index contributed by atoms with van der Waals surface area (Å²) in [5.74, 6) is 0. The fraction of sp³-hybridized carbons (Fsp3) is 0.343. The van der Waals surface area contributed by atoms with Gasteiger partial charge in [0.25, 0.3) is 0 Å². The molecule has 0 saturated carbocycles. The van der Waals surface area contributed by atoms with Gasteiger partial charge in [-0.3, -0.25) is 4.98 Å². The van der Waals surface area contributed by atoms with Crippen molar-refractivity contribution in [2.24, 2.45) is 0 Å². The largest absolute Gasteiger partial charge is 0.353 e. The molecule has 0 N–H and O–H groups in total. The van der Waals surface area contributed by atoms with Gasteiger partial charge in [-0.1, -0.05) is 84.9 Å². The minimum atomic E-state index is -0.346. The zero-order valence-corrected chi connectivity index (χ0v) is 24.2. The third kappa shape index (κ3) is 8.50. The molecule has 204 valence electrons. The van der Waals surface area contributed by atoms with Crippen molar-refractivity contribution < 1.29 is 9.47 Å². The van der Waals surface area contributed by atoms with Crippen molar-refractivity contribution in [3.05, 3.63) is 118 Å². The summed E-state index contributed by atoms with van der Waals surface area (Å²) in [5.41, 5.74) is 6.84. The van der Waals surface area contributed by atoms with E-state index in [4.69, 9.17) is 21.1 Å². The van der Waals surface area contributed by atoms with E-state index in [1.807, 2.05) is 43.3 Å². The molecule has 1 saturated heterocycles. The van der Waals surface area contributed by atoms with Crippen molar-refractivity contribution in [2.45, 2.75) is 71.2 Å². The molecule has 0 amide bonds. The standard InChI is InChI=1S/C25H32O2.C10H8ClN/c1-4-20-11-9-12-21(19-20)13-10-15-22-14-5-6-16-23(22)25(2,3)27-24-17-7-8-18-26-24;1-7-2-3-8-4-5-9(11)6-10(8)12-7/h4-6,9,11-12,14,16,19,24H,1,7-8,10,13,15,17-18H2,2-3H3;2-6H,1H3. The molecule has 3 aromatic carbocycles. The van der Waals surface area contributed by atoms with Crippen molar-refractivity contribution in [1.29, 1.82) is 0 Å². The highest BCUT2D eigenvalue weighted by Crippen LogP contribution is 2.32. The van der Waals surface area contributed by atoms with Crippen LogP contribution in [0.1, 0.15) is 67.5 Å². The highest BCUT2D eigenvalue weighted by molar-refractivity contribution is 6.31. The molecule has 1 aliphatic rings. The molecule has 5 rings (SSSR count). The Bertz CT molecular complexity index is 1340. The van der Waals surface area contributed by atoms with Gasteiger partial charge in [-0.15, -0.1) is 0 Å². The van der Waals surface area contributed by atoms with Gasteiger partial charge in [-0.25, -0.2) is 0 Å². The maximum absolute atomic E-state index is 6.37. The number of ether oxygens (including phenoxy) is 2. The third-order valence-corrected chi connectivity index (χ3v) is 7.36. The van der Waals surface area contributed by atoms with Crippen molar-refractivity contribution in [3.63, 3.8) is 0 Å². The van der Waals surface area contributed by atoms with Crippen molar-refractivity contribution in [1.82, 2.24) is 4.98 Å². The van der Waals surface area contributed by atoms with E-state index in [0.717, 1.165) is 60.3 Å². The molecule has 1 aromatic heterocycles. The Hall–Kier alpha value is -2.98. The Morgan fingerprint density at radius 1 is 1.00 bits per heavy atom. The lowest BCUT2D eigenvalue weighted by Gasteiger charge is -2.34. The molecule has 1 fully saturated rings. The fourth-order valence-electron chi connectivity index (χ4n) is 5.07. The average molecular weight is 542 g/mol. The molecule has 39 heavy (non-hydrogen) atoms. The first-order valence-corrected chi connectivity index (χ1v) is 14.3. The van der Waals surface area contributed by atoms with E-state index in [1.165, 1.54) is 28.7 Å². The van der Waals surface area contributed by atoms with E-state index >= 15 is 0 Å². The van der Waals surface area contributed by atoms with Gasteiger partial charge in [0.15, 0.2) is 6.29 Å². The van der Waals surface area contributed by atoms with Crippen LogP contribution in [0, 0.1) is 6.92 Å². The molecular weight excluding hydrogens is 502 g/mol. The normalized spacial score (nSPS) is 15.4. The predicted octanol–water partition coefficient (Wildman–Crippen LogP) is 9.48. The second-order valence-electron chi connectivity index (χ2n) is 10.7. The summed E-state index contributed by atoms with van der Waals surface area (Å²) in [6.45, 7) is 11.0. The van der Waals surface area contributed by atoms with Gasteiger partial charge in [0, 0.05) is 22.7 Å². The lowest BCUT2D eigenvalue weighted by Crippen LogP contribution is -2.33. The molecule has 3 nitrogen and oxygen atoms in total. The van der Waals surface area contributed by atoms with E-state index in [1.54, 1.807) is 0 Å². The summed E-state index contributed by atoms with van der Waals surface area (Å²) in [5, 5.41) is 1.87. The maximum Gasteiger partial charge on any atom is 0.158 e. The van der Waals surface area contributed by atoms with E-state index in [0.29, 0.717) is 0 Å². The third-order valence-electron chi connectivity index (χ3n) is 7.12. The second kappa shape index (κ2) is 13.9. The van der Waals surface area contributed by atoms with Crippen molar-refractivity contribution in [3.8, 4) is 0 Å².